The van der Waals surface area contributed by atoms with Crippen molar-refractivity contribution in [2.75, 3.05) is 13.2 Å². The maximum atomic E-state index is 11.5. The van der Waals surface area contributed by atoms with E-state index >= 15 is 0 Å². The molecule has 2 atom stereocenters. The van der Waals surface area contributed by atoms with Crippen LogP contribution in [0.2, 0.25) is 0 Å². The number of hydrogen-bond donors (Lipinski definition) is 0. The van der Waals surface area contributed by atoms with Crippen molar-refractivity contribution >= 4 is 5.97 Å². The minimum Gasteiger partial charge on any atom is -0.466 e. The van der Waals surface area contributed by atoms with E-state index in [1.807, 2.05) is 25.1 Å². The zero-order chi connectivity index (χ0) is 16.1. The number of carbonyl (C=O) groups excluding carboxylic acids is 1. The van der Waals surface area contributed by atoms with E-state index in [-0.39, 0.29) is 11.9 Å². The lowest BCUT2D eigenvalue weighted by Gasteiger charge is -2.06. The second-order valence-corrected chi connectivity index (χ2v) is 5.93. The van der Waals surface area contributed by atoms with Crippen LogP contribution in [0.4, 0.5) is 0 Å². The number of rotatable bonds is 7. The standard InChI is InChI=1S/C20H22O3/c1-2-23-20(21)19-12-18(19)14-22-13-15-8-10-17(11-9-15)16-6-4-3-5-7-16/h3-11,18-19H,2,12-14H2,1H3. The van der Waals surface area contributed by atoms with Gasteiger partial charge in [0.15, 0.2) is 0 Å². The molecule has 2 aromatic rings. The van der Waals surface area contributed by atoms with E-state index < -0.39 is 0 Å². The van der Waals surface area contributed by atoms with E-state index in [0.717, 1.165) is 12.0 Å². The zero-order valence-corrected chi connectivity index (χ0v) is 13.4. The minimum atomic E-state index is -0.0756. The summed E-state index contributed by atoms with van der Waals surface area (Å²) in [4.78, 5) is 11.5. The highest BCUT2D eigenvalue weighted by molar-refractivity contribution is 5.75. The average molecular weight is 310 g/mol. The van der Waals surface area contributed by atoms with E-state index in [1.54, 1.807) is 0 Å². The topological polar surface area (TPSA) is 35.5 Å². The van der Waals surface area contributed by atoms with E-state index in [2.05, 4.69) is 36.4 Å². The first-order valence-corrected chi connectivity index (χ1v) is 8.16. The molecule has 3 nitrogen and oxygen atoms in total. The van der Waals surface area contributed by atoms with Gasteiger partial charge in [-0.3, -0.25) is 4.79 Å². The molecule has 0 aromatic heterocycles. The molecule has 1 aliphatic rings. The van der Waals surface area contributed by atoms with Crippen molar-refractivity contribution in [3.63, 3.8) is 0 Å². The third-order valence-corrected chi connectivity index (χ3v) is 4.17. The molecule has 0 aliphatic heterocycles. The number of ether oxygens (including phenoxy) is 2. The highest BCUT2D eigenvalue weighted by Gasteiger charge is 2.44. The summed E-state index contributed by atoms with van der Waals surface area (Å²) in [5.74, 6) is 0.307. The van der Waals surface area contributed by atoms with Crippen molar-refractivity contribution in [3.8, 4) is 11.1 Å². The highest BCUT2D eigenvalue weighted by atomic mass is 16.5. The Morgan fingerprint density at radius 2 is 1.74 bits per heavy atom. The first-order valence-electron chi connectivity index (χ1n) is 8.16. The quantitative estimate of drug-likeness (QED) is 0.723. The van der Waals surface area contributed by atoms with Crippen LogP contribution < -0.4 is 0 Å². The molecule has 0 spiro atoms. The molecular formula is C20H22O3. The molecule has 2 unspecified atom stereocenters. The van der Waals surface area contributed by atoms with Gasteiger partial charge in [-0.2, -0.15) is 0 Å². The van der Waals surface area contributed by atoms with Crippen molar-refractivity contribution < 1.29 is 14.3 Å². The predicted octanol–water partition coefficient (Wildman–Crippen LogP) is 4.07. The highest BCUT2D eigenvalue weighted by Crippen LogP contribution is 2.39. The van der Waals surface area contributed by atoms with Crippen molar-refractivity contribution in [3.05, 3.63) is 60.2 Å². The summed E-state index contributed by atoms with van der Waals surface area (Å²) < 4.78 is 10.8. The Kier molecular flexibility index (Phi) is 5.09. The third-order valence-electron chi connectivity index (χ3n) is 4.17. The van der Waals surface area contributed by atoms with Crippen LogP contribution in [-0.4, -0.2) is 19.2 Å². The Balaban J connectivity index is 1.44. The molecule has 2 aromatic carbocycles. The Hall–Kier alpha value is -2.13. The summed E-state index contributed by atoms with van der Waals surface area (Å²) in [6.07, 6.45) is 0.895. The van der Waals surface area contributed by atoms with E-state index in [4.69, 9.17) is 9.47 Å². The molecular weight excluding hydrogens is 288 g/mol. The van der Waals surface area contributed by atoms with Crippen molar-refractivity contribution in [2.45, 2.75) is 20.0 Å². The summed E-state index contributed by atoms with van der Waals surface area (Å²) in [7, 11) is 0. The molecule has 0 saturated heterocycles. The molecule has 0 amide bonds. The molecule has 0 bridgehead atoms. The smallest absolute Gasteiger partial charge is 0.309 e. The Morgan fingerprint density at radius 3 is 2.43 bits per heavy atom. The second-order valence-electron chi connectivity index (χ2n) is 5.93. The van der Waals surface area contributed by atoms with Crippen LogP contribution in [0.5, 0.6) is 0 Å². The van der Waals surface area contributed by atoms with Gasteiger partial charge < -0.3 is 9.47 Å². The van der Waals surface area contributed by atoms with Crippen LogP contribution in [0.3, 0.4) is 0 Å². The Morgan fingerprint density at radius 1 is 1.04 bits per heavy atom. The SMILES string of the molecule is CCOC(=O)C1CC1COCc1ccc(-c2ccccc2)cc1. The molecule has 120 valence electrons. The van der Waals surface area contributed by atoms with Gasteiger partial charge in [-0.25, -0.2) is 0 Å². The maximum absolute atomic E-state index is 11.5. The number of benzene rings is 2. The Labute approximate surface area is 137 Å². The van der Waals surface area contributed by atoms with E-state index in [0.29, 0.717) is 25.7 Å². The molecule has 1 aliphatic carbocycles. The van der Waals surface area contributed by atoms with Crippen LogP contribution in [-0.2, 0) is 20.9 Å². The number of carbonyl (C=O) groups is 1. The van der Waals surface area contributed by atoms with Gasteiger partial charge in [0, 0.05) is 0 Å². The van der Waals surface area contributed by atoms with Gasteiger partial charge >= 0.3 is 5.97 Å². The monoisotopic (exact) mass is 310 g/mol. The van der Waals surface area contributed by atoms with Gasteiger partial charge in [0.2, 0.25) is 0 Å². The summed E-state index contributed by atoms with van der Waals surface area (Å²) in [5, 5.41) is 0. The summed E-state index contributed by atoms with van der Waals surface area (Å²) >= 11 is 0. The van der Waals surface area contributed by atoms with Crippen molar-refractivity contribution in [2.24, 2.45) is 11.8 Å². The van der Waals surface area contributed by atoms with Gasteiger partial charge in [0.25, 0.3) is 0 Å². The van der Waals surface area contributed by atoms with Gasteiger partial charge in [-0.05, 0) is 36.0 Å². The normalized spacial score (nSPS) is 19.3. The zero-order valence-electron chi connectivity index (χ0n) is 13.4. The summed E-state index contributed by atoms with van der Waals surface area (Å²) in [6.45, 7) is 3.51. The summed E-state index contributed by atoms with van der Waals surface area (Å²) in [5.41, 5.74) is 3.58. The summed E-state index contributed by atoms with van der Waals surface area (Å²) in [6, 6.07) is 18.7. The van der Waals surface area contributed by atoms with Crippen molar-refractivity contribution in [1.82, 2.24) is 0 Å². The first kappa shape index (κ1) is 15.8. The molecule has 0 heterocycles. The molecule has 0 radical (unpaired) electrons. The molecule has 3 rings (SSSR count). The van der Waals surface area contributed by atoms with Gasteiger partial charge in [0.05, 0.1) is 25.7 Å². The fourth-order valence-corrected chi connectivity index (χ4v) is 2.72. The third kappa shape index (κ3) is 4.20. The maximum Gasteiger partial charge on any atom is 0.309 e. The molecule has 1 saturated carbocycles. The van der Waals surface area contributed by atoms with E-state index in [9.17, 15) is 4.79 Å². The average Bonchev–Trinajstić information content (AvgIpc) is 3.36. The van der Waals surface area contributed by atoms with Crippen LogP contribution in [0.15, 0.2) is 54.6 Å². The first-order chi connectivity index (χ1) is 11.3. The van der Waals surface area contributed by atoms with Crippen LogP contribution in [0, 0.1) is 11.8 Å². The molecule has 23 heavy (non-hydrogen) atoms. The van der Waals surface area contributed by atoms with Crippen LogP contribution >= 0.6 is 0 Å². The van der Waals surface area contributed by atoms with Crippen LogP contribution in [0.1, 0.15) is 18.9 Å². The van der Waals surface area contributed by atoms with Gasteiger partial charge in [0.1, 0.15) is 0 Å². The molecule has 0 N–H and O–H groups in total. The lowest BCUT2D eigenvalue weighted by atomic mass is 10.0. The van der Waals surface area contributed by atoms with Gasteiger partial charge in [-0.1, -0.05) is 54.6 Å². The molecule has 1 fully saturated rings. The van der Waals surface area contributed by atoms with Crippen LogP contribution in [0.25, 0.3) is 11.1 Å². The Bertz CT molecular complexity index is 634. The fraction of sp³-hybridized carbons (Fsp3) is 0.350. The molecule has 3 heteroatoms. The second kappa shape index (κ2) is 7.42. The minimum absolute atomic E-state index is 0.0513. The van der Waals surface area contributed by atoms with E-state index in [1.165, 1.54) is 11.1 Å². The number of hydrogen-bond acceptors (Lipinski definition) is 3. The lowest BCUT2D eigenvalue weighted by molar-refractivity contribution is -0.145. The predicted molar refractivity (Wildman–Crippen MR) is 89.8 cm³/mol. The number of esters is 1. The van der Waals surface area contributed by atoms with Crippen molar-refractivity contribution in [1.29, 1.82) is 0 Å². The fourth-order valence-electron chi connectivity index (χ4n) is 2.72. The lowest BCUT2D eigenvalue weighted by Crippen LogP contribution is -2.09. The largest absolute Gasteiger partial charge is 0.466 e. The van der Waals surface area contributed by atoms with Gasteiger partial charge in [-0.15, -0.1) is 0 Å².